The fourth-order valence-corrected chi connectivity index (χ4v) is 3.81. The Bertz CT molecular complexity index is 1280. The third-order valence-corrected chi connectivity index (χ3v) is 5.57. The smallest absolute Gasteiger partial charge is 0.330 e. The molecule has 5 heteroatoms. The predicted molar refractivity (Wildman–Crippen MR) is 139 cm³/mol. The minimum atomic E-state index is -0.560. The fraction of sp³-hybridized carbons (Fsp3) is 0.233. The van der Waals surface area contributed by atoms with Crippen LogP contribution < -0.4 is 9.47 Å². The zero-order chi connectivity index (χ0) is 24.5. The average molecular weight is 471 g/mol. The molecule has 4 rings (SSSR count). The Balaban J connectivity index is 1.65. The molecule has 0 spiro atoms. The van der Waals surface area contributed by atoms with Crippen LogP contribution in [0.2, 0.25) is 0 Å². The van der Waals surface area contributed by atoms with Crippen molar-refractivity contribution in [1.29, 1.82) is 0 Å². The highest BCUT2D eigenvalue weighted by Gasteiger charge is 2.17. The van der Waals surface area contributed by atoms with Crippen LogP contribution in [-0.2, 0) is 14.3 Å². The summed E-state index contributed by atoms with van der Waals surface area (Å²) < 4.78 is 23.6. The van der Waals surface area contributed by atoms with Gasteiger partial charge in [-0.2, -0.15) is 0 Å². The molecule has 0 saturated carbocycles. The van der Waals surface area contributed by atoms with E-state index in [0.717, 1.165) is 46.2 Å². The van der Waals surface area contributed by atoms with Crippen LogP contribution in [0.5, 0.6) is 17.2 Å². The van der Waals surface area contributed by atoms with Gasteiger partial charge >= 0.3 is 5.97 Å². The fourth-order valence-electron chi connectivity index (χ4n) is 3.81. The maximum Gasteiger partial charge on any atom is 0.330 e. The van der Waals surface area contributed by atoms with Gasteiger partial charge in [-0.3, -0.25) is 0 Å². The van der Waals surface area contributed by atoms with Gasteiger partial charge in [-0.25, -0.2) is 4.79 Å². The number of benzene rings is 4. The van der Waals surface area contributed by atoms with Gasteiger partial charge in [0.1, 0.15) is 23.9 Å². The topological polar surface area (TPSA) is 54.0 Å². The summed E-state index contributed by atoms with van der Waals surface area (Å²) in [7, 11) is 0. The van der Waals surface area contributed by atoms with Crippen LogP contribution in [0, 0.1) is 0 Å². The van der Waals surface area contributed by atoms with Crippen LogP contribution in [-0.4, -0.2) is 31.9 Å². The number of rotatable bonds is 12. The Labute approximate surface area is 205 Å². The third kappa shape index (κ3) is 6.40. The lowest BCUT2D eigenvalue weighted by molar-refractivity contribution is -0.148. The van der Waals surface area contributed by atoms with E-state index in [2.05, 4.69) is 25.6 Å². The number of ether oxygens (including phenoxy) is 4. The number of unbranched alkanes of at least 4 members (excludes halogenated alkanes) is 1. The SMILES string of the molecule is C=CC(=O)OC(COCCCC)COc1c2ccccc2cc2ccc(Oc3ccccc3)cc12. The van der Waals surface area contributed by atoms with Gasteiger partial charge in [-0.1, -0.05) is 68.5 Å². The van der Waals surface area contributed by atoms with Gasteiger partial charge in [-0.05, 0) is 47.5 Å². The molecule has 0 aliphatic carbocycles. The van der Waals surface area contributed by atoms with Crippen molar-refractivity contribution in [2.24, 2.45) is 0 Å². The third-order valence-electron chi connectivity index (χ3n) is 5.57. The van der Waals surface area contributed by atoms with Crippen molar-refractivity contribution in [3.05, 3.63) is 91.5 Å². The van der Waals surface area contributed by atoms with Gasteiger partial charge in [0, 0.05) is 23.5 Å². The van der Waals surface area contributed by atoms with Gasteiger partial charge in [0.15, 0.2) is 6.10 Å². The van der Waals surface area contributed by atoms with Gasteiger partial charge in [0.2, 0.25) is 0 Å². The second-order valence-electron chi connectivity index (χ2n) is 8.23. The summed E-state index contributed by atoms with van der Waals surface area (Å²) in [6.45, 7) is 6.61. The van der Waals surface area contributed by atoms with Crippen LogP contribution in [0.15, 0.2) is 91.5 Å². The van der Waals surface area contributed by atoms with Gasteiger partial charge in [-0.15, -0.1) is 0 Å². The Kier molecular flexibility index (Phi) is 8.36. The molecule has 0 radical (unpaired) electrons. The summed E-state index contributed by atoms with van der Waals surface area (Å²) in [5.41, 5.74) is 0. The molecule has 0 heterocycles. The Morgan fingerprint density at radius 3 is 2.46 bits per heavy atom. The van der Waals surface area contributed by atoms with Crippen molar-refractivity contribution in [1.82, 2.24) is 0 Å². The first kappa shape index (κ1) is 24.3. The van der Waals surface area contributed by atoms with Crippen molar-refractivity contribution in [3.8, 4) is 17.2 Å². The molecule has 4 aromatic carbocycles. The van der Waals surface area contributed by atoms with Crippen molar-refractivity contribution >= 4 is 27.5 Å². The molecule has 4 aromatic rings. The van der Waals surface area contributed by atoms with Crippen LogP contribution in [0.1, 0.15) is 19.8 Å². The van der Waals surface area contributed by atoms with Crippen molar-refractivity contribution in [2.45, 2.75) is 25.9 Å². The molecule has 0 bridgehead atoms. The zero-order valence-electron chi connectivity index (χ0n) is 19.9. The summed E-state index contributed by atoms with van der Waals surface area (Å²) in [5.74, 6) is 1.68. The molecule has 0 amide bonds. The summed E-state index contributed by atoms with van der Waals surface area (Å²) in [6, 6.07) is 25.8. The Morgan fingerprint density at radius 2 is 1.66 bits per heavy atom. The number of fused-ring (bicyclic) bond motifs is 2. The lowest BCUT2D eigenvalue weighted by atomic mass is 10.0. The van der Waals surface area contributed by atoms with E-state index in [9.17, 15) is 4.79 Å². The number of carbonyl (C=O) groups excluding carboxylic acids is 1. The highest BCUT2D eigenvalue weighted by molar-refractivity contribution is 6.05. The van der Waals surface area contributed by atoms with E-state index in [1.807, 2.05) is 66.7 Å². The highest BCUT2D eigenvalue weighted by Crippen LogP contribution is 2.37. The molecule has 180 valence electrons. The van der Waals surface area contributed by atoms with Crippen LogP contribution in [0.4, 0.5) is 0 Å². The molecule has 1 unspecified atom stereocenters. The molecule has 0 saturated heterocycles. The number of hydrogen-bond donors (Lipinski definition) is 0. The molecular weight excluding hydrogens is 440 g/mol. The van der Waals surface area contributed by atoms with Crippen LogP contribution in [0.25, 0.3) is 21.5 Å². The predicted octanol–water partition coefficient (Wildman–Crippen LogP) is 7.08. The van der Waals surface area contributed by atoms with E-state index in [0.29, 0.717) is 18.1 Å². The molecule has 0 aromatic heterocycles. The summed E-state index contributed by atoms with van der Waals surface area (Å²) in [4.78, 5) is 11.9. The van der Waals surface area contributed by atoms with Gasteiger partial charge in [0.25, 0.3) is 0 Å². The first-order chi connectivity index (χ1) is 17.2. The second kappa shape index (κ2) is 12.0. The first-order valence-corrected chi connectivity index (χ1v) is 11.9. The van der Waals surface area contributed by atoms with E-state index >= 15 is 0 Å². The number of esters is 1. The van der Waals surface area contributed by atoms with E-state index in [-0.39, 0.29) is 13.2 Å². The van der Waals surface area contributed by atoms with Gasteiger partial charge in [0.05, 0.1) is 6.61 Å². The monoisotopic (exact) mass is 470 g/mol. The molecule has 0 N–H and O–H groups in total. The molecule has 0 aliphatic rings. The molecule has 1 atom stereocenters. The quantitative estimate of drug-likeness (QED) is 0.0958. The van der Waals surface area contributed by atoms with Crippen molar-refractivity contribution < 1.29 is 23.7 Å². The van der Waals surface area contributed by atoms with Crippen LogP contribution >= 0.6 is 0 Å². The minimum Gasteiger partial charge on any atom is -0.488 e. The lowest BCUT2D eigenvalue weighted by Gasteiger charge is -2.20. The lowest BCUT2D eigenvalue weighted by Crippen LogP contribution is -2.29. The molecule has 0 fully saturated rings. The second-order valence-corrected chi connectivity index (χ2v) is 8.23. The minimum absolute atomic E-state index is 0.151. The maximum absolute atomic E-state index is 11.9. The summed E-state index contributed by atoms with van der Waals surface area (Å²) in [5, 5.41) is 3.97. The van der Waals surface area contributed by atoms with Gasteiger partial charge < -0.3 is 18.9 Å². The summed E-state index contributed by atoms with van der Waals surface area (Å²) in [6.07, 6.45) is 2.57. The Hall–Kier alpha value is -3.83. The first-order valence-electron chi connectivity index (χ1n) is 11.9. The van der Waals surface area contributed by atoms with E-state index < -0.39 is 12.1 Å². The van der Waals surface area contributed by atoms with E-state index in [4.69, 9.17) is 18.9 Å². The van der Waals surface area contributed by atoms with E-state index in [1.54, 1.807) is 0 Å². The number of hydrogen-bond acceptors (Lipinski definition) is 5. The Morgan fingerprint density at radius 1 is 0.886 bits per heavy atom. The molecular formula is C30H30O5. The highest BCUT2D eigenvalue weighted by atomic mass is 16.6. The molecule has 35 heavy (non-hydrogen) atoms. The average Bonchev–Trinajstić information content (AvgIpc) is 2.89. The van der Waals surface area contributed by atoms with E-state index in [1.165, 1.54) is 0 Å². The summed E-state index contributed by atoms with van der Waals surface area (Å²) >= 11 is 0. The maximum atomic E-state index is 11.9. The van der Waals surface area contributed by atoms with Crippen LogP contribution in [0.3, 0.4) is 0 Å². The largest absolute Gasteiger partial charge is 0.488 e. The van der Waals surface area contributed by atoms with Crippen molar-refractivity contribution in [3.63, 3.8) is 0 Å². The number of para-hydroxylation sites is 1. The molecule has 5 nitrogen and oxygen atoms in total. The normalized spacial score (nSPS) is 11.8. The van der Waals surface area contributed by atoms with Crippen molar-refractivity contribution in [2.75, 3.05) is 19.8 Å². The molecule has 0 aliphatic heterocycles. The zero-order valence-corrected chi connectivity index (χ0v) is 19.9. The standard InChI is InChI=1S/C30H30O5/c1-3-5-17-32-20-26(35-29(31)4-2)21-33-30-27-14-10-9-11-22(27)18-23-15-16-25(19-28(23)30)34-24-12-7-6-8-13-24/h4,6-16,18-19,26H,2-3,5,17,20-21H2,1H3. The number of carbonyl (C=O) groups is 1.